The van der Waals surface area contributed by atoms with Gasteiger partial charge in [-0.05, 0) is 11.8 Å². The van der Waals surface area contributed by atoms with E-state index >= 15 is 0 Å². The molecule has 0 saturated carbocycles. The zero-order valence-corrected chi connectivity index (χ0v) is 16.7. The molecular weight excluding hydrogens is 342 g/mol. The monoisotopic (exact) mass is 375 g/mol. The number of nitrogens with one attached hydrogen (secondary N) is 3. The summed E-state index contributed by atoms with van der Waals surface area (Å²) in [6, 6.07) is 0. The van der Waals surface area contributed by atoms with Gasteiger partial charge in [-0.25, -0.2) is 11.0 Å². The van der Waals surface area contributed by atoms with Crippen molar-refractivity contribution in [3.05, 3.63) is 0 Å². The molecule has 0 bridgehead atoms. The lowest BCUT2D eigenvalue weighted by atomic mass is 9.96. The summed E-state index contributed by atoms with van der Waals surface area (Å²) in [5.41, 5.74) is 3.69. The maximum atomic E-state index is 12.2. The van der Waals surface area contributed by atoms with Crippen molar-refractivity contribution in [3.63, 3.8) is 0 Å². The van der Waals surface area contributed by atoms with E-state index < -0.39 is 36.0 Å². The molecule has 0 aliphatic rings. The van der Waals surface area contributed by atoms with Gasteiger partial charge in [-0.15, -0.1) is 0 Å². The van der Waals surface area contributed by atoms with Crippen LogP contribution in [0, 0.1) is 17.3 Å². The Morgan fingerprint density at radius 1 is 0.962 bits per heavy atom. The van der Waals surface area contributed by atoms with Crippen molar-refractivity contribution in [1.82, 2.24) is 16.3 Å². The number of carbonyl (C=O) groups is 3. The first-order valence-corrected chi connectivity index (χ1v) is 8.70. The second-order valence-corrected chi connectivity index (χ2v) is 7.86. The highest BCUT2D eigenvalue weighted by Gasteiger charge is 2.29. The van der Waals surface area contributed by atoms with E-state index in [1.54, 1.807) is 34.6 Å². The third-order valence-electron chi connectivity index (χ3n) is 3.27. The molecule has 9 nitrogen and oxygen atoms in total. The predicted octanol–water partition coefficient (Wildman–Crippen LogP) is 0.286. The van der Waals surface area contributed by atoms with E-state index in [0.29, 0.717) is 6.54 Å². The van der Waals surface area contributed by atoms with Crippen LogP contribution in [0.2, 0.25) is 0 Å². The van der Waals surface area contributed by atoms with Gasteiger partial charge in [0.15, 0.2) is 12.2 Å². The van der Waals surface area contributed by atoms with Gasteiger partial charge in [0, 0.05) is 12.0 Å². The highest BCUT2D eigenvalue weighted by Crippen LogP contribution is 2.13. The van der Waals surface area contributed by atoms with Crippen LogP contribution in [0.5, 0.6) is 0 Å². The third-order valence-corrected chi connectivity index (χ3v) is 3.27. The molecule has 0 aromatic heterocycles. The zero-order chi connectivity index (χ0) is 20.5. The number of amides is 3. The minimum atomic E-state index is -1.24. The fourth-order valence-corrected chi connectivity index (χ4v) is 1.54. The molecule has 26 heavy (non-hydrogen) atoms. The normalized spacial score (nSPS) is 14.1. The van der Waals surface area contributed by atoms with Gasteiger partial charge in [0.05, 0.1) is 6.61 Å². The van der Waals surface area contributed by atoms with Gasteiger partial charge in [0.2, 0.25) is 5.91 Å². The van der Waals surface area contributed by atoms with Gasteiger partial charge in [-0.3, -0.25) is 24.1 Å². The Morgan fingerprint density at radius 2 is 1.54 bits per heavy atom. The third kappa shape index (κ3) is 9.12. The standard InChI is InChI=1S/C17H33N3O6/c1-10(2)8-18-14(22)12(9-21)25-19-15(23)13(11(3)4)26-20-16(24)17(5,6)7/h10-13,21H,8-9H2,1-7H3,(H,18,22)(H,19,23)(H,20,24)/t12-,13-/m1/s1. The fourth-order valence-electron chi connectivity index (χ4n) is 1.54. The Hall–Kier alpha value is -1.71. The zero-order valence-electron chi connectivity index (χ0n) is 16.7. The molecule has 3 amide bonds. The molecule has 152 valence electrons. The lowest BCUT2D eigenvalue weighted by Crippen LogP contribution is -2.49. The second kappa shape index (κ2) is 11.1. The van der Waals surface area contributed by atoms with Gasteiger partial charge in [0.25, 0.3) is 11.8 Å². The number of aliphatic hydroxyl groups is 1. The Morgan fingerprint density at radius 3 is 1.96 bits per heavy atom. The molecule has 0 radical (unpaired) electrons. The average molecular weight is 375 g/mol. The van der Waals surface area contributed by atoms with Crippen LogP contribution >= 0.6 is 0 Å². The smallest absolute Gasteiger partial charge is 0.275 e. The van der Waals surface area contributed by atoms with Crippen LogP contribution in [0.1, 0.15) is 48.5 Å². The lowest BCUT2D eigenvalue weighted by molar-refractivity contribution is -0.169. The van der Waals surface area contributed by atoms with E-state index in [0.717, 1.165) is 0 Å². The maximum absolute atomic E-state index is 12.2. The molecule has 0 heterocycles. The lowest BCUT2D eigenvalue weighted by Gasteiger charge is -2.24. The van der Waals surface area contributed by atoms with Crippen molar-refractivity contribution in [3.8, 4) is 0 Å². The SMILES string of the molecule is CC(C)CNC(=O)[C@@H](CO)ONC(=O)[C@H](ONC(=O)C(C)(C)C)C(C)C. The van der Waals surface area contributed by atoms with Crippen molar-refractivity contribution in [1.29, 1.82) is 0 Å². The van der Waals surface area contributed by atoms with Crippen molar-refractivity contribution in [2.24, 2.45) is 17.3 Å². The molecule has 2 atom stereocenters. The first kappa shape index (κ1) is 24.3. The summed E-state index contributed by atoms with van der Waals surface area (Å²) in [6.45, 7) is 12.3. The summed E-state index contributed by atoms with van der Waals surface area (Å²) < 4.78 is 0. The molecule has 9 heteroatoms. The first-order chi connectivity index (χ1) is 11.9. The van der Waals surface area contributed by atoms with Gasteiger partial charge in [-0.2, -0.15) is 0 Å². The topological polar surface area (TPSA) is 126 Å². The molecule has 0 aromatic rings. The number of aliphatic hydroxyl groups excluding tert-OH is 1. The predicted molar refractivity (Wildman–Crippen MR) is 95.3 cm³/mol. The summed E-state index contributed by atoms with van der Waals surface area (Å²) in [7, 11) is 0. The molecule has 0 aliphatic carbocycles. The van der Waals surface area contributed by atoms with Crippen molar-refractivity contribution in [2.75, 3.05) is 13.2 Å². The maximum Gasteiger partial charge on any atom is 0.275 e. The van der Waals surface area contributed by atoms with E-state index in [2.05, 4.69) is 16.3 Å². The largest absolute Gasteiger partial charge is 0.393 e. The minimum absolute atomic E-state index is 0.234. The number of hydroxylamine groups is 2. The first-order valence-electron chi connectivity index (χ1n) is 8.70. The van der Waals surface area contributed by atoms with Gasteiger partial charge in [0.1, 0.15) is 0 Å². The van der Waals surface area contributed by atoms with Crippen molar-refractivity contribution in [2.45, 2.75) is 60.7 Å². The van der Waals surface area contributed by atoms with Crippen LogP contribution in [0.3, 0.4) is 0 Å². The molecule has 0 fully saturated rings. The van der Waals surface area contributed by atoms with Crippen LogP contribution in [-0.2, 0) is 24.1 Å². The summed E-state index contributed by atoms with van der Waals surface area (Å²) in [5.74, 6) is -1.63. The van der Waals surface area contributed by atoms with E-state index in [-0.39, 0.29) is 17.7 Å². The molecule has 0 unspecified atom stereocenters. The van der Waals surface area contributed by atoms with Gasteiger partial charge < -0.3 is 10.4 Å². The molecular formula is C17H33N3O6. The molecule has 0 aromatic carbocycles. The van der Waals surface area contributed by atoms with Crippen molar-refractivity contribution < 1.29 is 29.2 Å². The fraction of sp³-hybridized carbons (Fsp3) is 0.824. The van der Waals surface area contributed by atoms with Crippen LogP contribution in [0.15, 0.2) is 0 Å². The average Bonchev–Trinajstić information content (AvgIpc) is 2.52. The van der Waals surface area contributed by atoms with Crippen LogP contribution in [-0.4, -0.2) is 48.2 Å². The Balaban J connectivity index is 4.65. The van der Waals surface area contributed by atoms with E-state index in [1.165, 1.54) is 0 Å². The van der Waals surface area contributed by atoms with Crippen LogP contribution in [0.25, 0.3) is 0 Å². The Kier molecular flexibility index (Phi) is 10.4. The summed E-state index contributed by atoms with van der Waals surface area (Å²) in [5, 5.41) is 11.9. The molecule has 4 N–H and O–H groups in total. The van der Waals surface area contributed by atoms with Gasteiger partial charge in [-0.1, -0.05) is 48.5 Å². The molecule has 0 rings (SSSR count). The number of rotatable bonds is 10. The van der Waals surface area contributed by atoms with E-state index in [4.69, 9.17) is 9.68 Å². The van der Waals surface area contributed by atoms with Crippen LogP contribution < -0.4 is 16.3 Å². The van der Waals surface area contributed by atoms with E-state index in [9.17, 15) is 19.5 Å². The van der Waals surface area contributed by atoms with Crippen molar-refractivity contribution >= 4 is 17.7 Å². The molecule has 0 saturated heterocycles. The number of carbonyl (C=O) groups excluding carboxylic acids is 3. The quantitative estimate of drug-likeness (QED) is 0.407. The Labute approximate surface area is 155 Å². The molecule has 0 aliphatic heterocycles. The van der Waals surface area contributed by atoms with Gasteiger partial charge >= 0.3 is 0 Å². The Bertz CT molecular complexity index is 474. The summed E-state index contributed by atoms with van der Waals surface area (Å²) >= 11 is 0. The minimum Gasteiger partial charge on any atom is -0.393 e. The highest BCUT2D eigenvalue weighted by atomic mass is 16.7. The number of hydrogen-bond donors (Lipinski definition) is 4. The second-order valence-electron chi connectivity index (χ2n) is 7.86. The molecule has 0 spiro atoms. The number of hydrogen-bond acceptors (Lipinski definition) is 6. The summed E-state index contributed by atoms with van der Waals surface area (Å²) in [6.07, 6.45) is -2.27. The van der Waals surface area contributed by atoms with E-state index in [1.807, 2.05) is 13.8 Å². The highest BCUT2D eigenvalue weighted by molar-refractivity contribution is 5.83. The van der Waals surface area contributed by atoms with Crippen LogP contribution in [0.4, 0.5) is 0 Å². The summed E-state index contributed by atoms with van der Waals surface area (Å²) in [4.78, 5) is 46.2.